The van der Waals surface area contributed by atoms with Gasteiger partial charge in [-0.3, -0.25) is 20.4 Å². The van der Waals surface area contributed by atoms with Crippen LogP contribution in [-0.2, 0) is 22.4 Å². The molecule has 0 spiro atoms. The Balaban J connectivity index is 1.71. The van der Waals surface area contributed by atoms with E-state index < -0.39 is 0 Å². The number of hydrazine groups is 1. The number of halogens is 1. The zero-order valence-corrected chi connectivity index (χ0v) is 12.0. The molecule has 0 heterocycles. The Labute approximate surface area is 128 Å². The van der Waals surface area contributed by atoms with Crippen LogP contribution in [-0.4, -0.2) is 11.8 Å². The summed E-state index contributed by atoms with van der Waals surface area (Å²) in [6, 6.07) is 15.5. The normalized spacial score (nSPS) is 10.0. The first-order valence-electron chi connectivity index (χ1n) is 7.00. The number of hydrogen-bond acceptors (Lipinski definition) is 2. The van der Waals surface area contributed by atoms with Crippen LogP contribution in [0.5, 0.6) is 0 Å². The number of carbonyl (C=O) groups is 2. The maximum Gasteiger partial charge on any atom is 0.242 e. The summed E-state index contributed by atoms with van der Waals surface area (Å²) in [4.78, 5) is 23.3. The van der Waals surface area contributed by atoms with Crippen LogP contribution in [0.25, 0.3) is 0 Å². The molecule has 0 aliphatic rings. The molecular formula is C17H17FN2O2. The average molecular weight is 300 g/mol. The van der Waals surface area contributed by atoms with E-state index in [4.69, 9.17) is 0 Å². The second-order valence-electron chi connectivity index (χ2n) is 4.85. The largest absolute Gasteiger partial charge is 0.273 e. The van der Waals surface area contributed by atoms with Crippen LogP contribution in [0.3, 0.4) is 0 Å². The highest BCUT2D eigenvalue weighted by Gasteiger charge is 2.07. The molecule has 5 heteroatoms. The van der Waals surface area contributed by atoms with E-state index in [0.29, 0.717) is 5.56 Å². The van der Waals surface area contributed by atoms with E-state index >= 15 is 0 Å². The highest BCUT2D eigenvalue weighted by Crippen LogP contribution is 2.08. The van der Waals surface area contributed by atoms with Gasteiger partial charge in [0.2, 0.25) is 11.8 Å². The lowest BCUT2D eigenvalue weighted by Crippen LogP contribution is -2.42. The van der Waals surface area contributed by atoms with Crippen LogP contribution in [0.4, 0.5) is 4.39 Å². The van der Waals surface area contributed by atoms with Gasteiger partial charge in [0, 0.05) is 6.42 Å². The molecule has 0 radical (unpaired) electrons. The minimum atomic E-state index is -0.357. The molecule has 0 fully saturated rings. The first-order valence-corrected chi connectivity index (χ1v) is 7.00. The van der Waals surface area contributed by atoms with E-state index in [0.717, 1.165) is 5.56 Å². The lowest BCUT2D eigenvalue weighted by Gasteiger charge is -2.08. The molecule has 2 rings (SSSR count). The molecular weight excluding hydrogens is 283 g/mol. The Morgan fingerprint density at radius 3 is 2.23 bits per heavy atom. The van der Waals surface area contributed by atoms with Crippen molar-refractivity contribution in [1.82, 2.24) is 10.9 Å². The maximum absolute atomic E-state index is 13.4. The summed E-state index contributed by atoms with van der Waals surface area (Å²) in [5.74, 6) is -0.987. The summed E-state index contributed by atoms with van der Waals surface area (Å²) in [6.45, 7) is 0. The fourth-order valence-electron chi connectivity index (χ4n) is 1.98. The summed E-state index contributed by atoms with van der Waals surface area (Å²) >= 11 is 0. The fourth-order valence-corrected chi connectivity index (χ4v) is 1.98. The Morgan fingerprint density at radius 2 is 1.50 bits per heavy atom. The predicted octanol–water partition coefficient (Wildman–Crippen LogP) is 2.15. The molecule has 2 aromatic carbocycles. The number of nitrogens with one attached hydrogen (secondary N) is 2. The van der Waals surface area contributed by atoms with Crippen molar-refractivity contribution >= 4 is 11.8 Å². The molecule has 0 aliphatic carbocycles. The quantitative estimate of drug-likeness (QED) is 0.831. The van der Waals surface area contributed by atoms with E-state index in [9.17, 15) is 14.0 Å². The second-order valence-corrected chi connectivity index (χ2v) is 4.85. The molecule has 4 nitrogen and oxygen atoms in total. The number of rotatable bonds is 5. The zero-order chi connectivity index (χ0) is 15.8. The molecule has 0 saturated carbocycles. The minimum Gasteiger partial charge on any atom is -0.273 e. The SMILES string of the molecule is O=C(CCc1ccccc1F)NNC(=O)Cc1ccccc1. The summed E-state index contributed by atoms with van der Waals surface area (Å²) in [7, 11) is 0. The van der Waals surface area contributed by atoms with Gasteiger partial charge < -0.3 is 0 Å². The lowest BCUT2D eigenvalue weighted by atomic mass is 10.1. The molecule has 2 N–H and O–H groups in total. The summed E-state index contributed by atoms with van der Waals surface area (Å²) in [6.07, 6.45) is 0.577. The third-order valence-electron chi connectivity index (χ3n) is 3.13. The molecule has 0 aliphatic heterocycles. The lowest BCUT2D eigenvalue weighted by molar-refractivity contribution is -0.128. The topological polar surface area (TPSA) is 58.2 Å². The molecule has 2 amide bonds. The van der Waals surface area contributed by atoms with Crippen molar-refractivity contribution in [2.75, 3.05) is 0 Å². The fraction of sp³-hybridized carbons (Fsp3) is 0.176. The van der Waals surface area contributed by atoms with Crippen molar-refractivity contribution in [2.24, 2.45) is 0 Å². The van der Waals surface area contributed by atoms with E-state index in [2.05, 4.69) is 10.9 Å². The van der Waals surface area contributed by atoms with Crippen LogP contribution >= 0.6 is 0 Å². The summed E-state index contributed by atoms with van der Waals surface area (Å²) in [5, 5.41) is 0. The highest BCUT2D eigenvalue weighted by molar-refractivity contribution is 5.83. The van der Waals surface area contributed by atoms with Crippen molar-refractivity contribution < 1.29 is 14.0 Å². The Hall–Kier alpha value is -2.69. The molecule has 114 valence electrons. The first-order chi connectivity index (χ1) is 10.6. The predicted molar refractivity (Wildman–Crippen MR) is 81.2 cm³/mol. The number of aryl methyl sites for hydroxylation is 1. The Kier molecular flexibility index (Phi) is 5.65. The standard InChI is InChI=1S/C17H17FN2O2/c18-15-9-5-4-8-14(15)10-11-16(21)19-20-17(22)12-13-6-2-1-3-7-13/h1-9H,10-12H2,(H,19,21)(H,20,22). The van der Waals surface area contributed by atoms with Crippen LogP contribution in [0, 0.1) is 5.82 Å². The highest BCUT2D eigenvalue weighted by atomic mass is 19.1. The second kappa shape index (κ2) is 7.93. The average Bonchev–Trinajstić information content (AvgIpc) is 2.53. The van der Waals surface area contributed by atoms with Crippen LogP contribution < -0.4 is 10.9 Å². The van der Waals surface area contributed by atoms with Gasteiger partial charge in [0.25, 0.3) is 0 Å². The molecule has 0 saturated heterocycles. The molecule has 0 bridgehead atoms. The zero-order valence-electron chi connectivity index (χ0n) is 12.0. The van der Waals surface area contributed by atoms with E-state index in [1.165, 1.54) is 6.07 Å². The van der Waals surface area contributed by atoms with Crippen molar-refractivity contribution in [1.29, 1.82) is 0 Å². The van der Waals surface area contributed by atoms with Gasteiger partial charge >= 0.3 is 0 Å². The van der Waals surface area contributed by atoms with Gasteiger partial charge in [0.15, 0.2) is 0 Å². The van der Waals surface area contributed by atoms with Gasteiger partial charge in [0.05, 0.1) is 6.42 Å². The van der Waals surface area contributed by atoms with Crippen molar-refractivity contribution in [3.05, 3.63) is 71.5 Å². The van der Waals surface area contributed by atoms with Gasteiger partial charge in [-0.05, 0) is 23.6 Å². The third-order valence-corrected chi connectivity index (χ3v) is 3.13. The molecule has 2 aromatic rings. The van der Waals surface area contributed by atoms with Crippen molar-refractivity contribution in [2.45, 2.75) is 19.3 Å². The molecule has 22 heavy (non-hydrogen) atoms. The van der Waals surface area contributed by atoms with Gasteiger partial charge in [-0.25, -0.2) is 4.39 Å². The monoisotopic (exact) mass is 300 g/mol. The molecule has 0 aromatic heterocycles. The Bertz CT molecular complexity index is 644. The van der Waals surface area contributed by atoms with Crippen LogP contribution in [0.15, 0.2) is 54.6 Å². The van der Waals surface area contributed by atoms with E-state index in [1.807, 2.05) is 30.3 Å². The van der Waals surface area contributed by atoms with Crippen LogP contribution in [0.1, 0.15) is 17.5 Å². The van der Waals surface area contributed by atoms with E-state index in [-0.39, 0.29) is 36.9 Å². The van der Waals surface area contributed by atoms with Gasteiger partial charge in [0.1, 0.15) is 5.82 Å². The van der Waals surface area contributed by atoms with Crippen molar-refractivity contribution in [3.8, 4) is 0 Å². The smallest absolute Gasteiger partial charge is 0.242 e. The van der Waals surface area contributed by atoms with Gasteiger partial charge in [-0.15, -0.1) is 0 Å². The maximum atomic E-state index is 13.4. The van der Waals surface area contributed by atoms with Crippen LogP contribution in [0.2, 0.25) is 0 Å². The number of hydrogen-bond donors (Lipinski definition) is 2. The number of benzene rings is 2. The Morgan fingerprint density at radius 1 is 0.864 bits per heavy atom. The van der Waals surface area contributed by atoms with E-state index in [1.54, 1.807) is 18.2 Å². The summed E-state index contributed by atoms with van der Waals surface area (Å²) < 4.78 is 13.4. The number of amides is 2. The molecule has 0 unspecified atom stereocenters. The number of carbonyl (C=O) groups excluding carboxylic acids is 2. The third kappa shape index (κ3) is 5.01. The van der Waals surface area contributed by atoms with Gasteiger partial charge in [-0.1, -0.05) is 48.5 Å². The summed E-state index contributed by atoms with van der Waals surface area (Å²) in [5.41, 5.74) is 6.02. The van der Waals surface area contributed by atoms with Crippen molar-refractivity contribution in [3.63, 3.8) is 0 Å². The van der Waals surface area contributed by atoms with Gasteiger partial charge in [-0.2, -0.15) is 0 Å². The molecule has 0 atom stereocenters. The first kappa shape index (κ1) is 15.7. The minimum absolute atomic E-state index is 0.104.